The SMILES string of the molecule is CCN(C(=O)c1oc2c(c1C)/C(=N/NC(=O)C(F)(F)C(F)(F)C(F)(F)F)CCC2)c1ccccc1. The molecule has 2 aromatic rings. The largest absolute Gasteiger partial charge is 0.460 e. The minimum Gasteiger partial charge on any atom is -0.455 e. The number of nitrogens with zero attached hydrogens (tertiary/aromatic N) is 2. The van der Waals surface area contributed by atoms with Gasteiger partial charge in [-0.2, -0.15) is 35.8 Å². The number of hydrogen-bond acceptors (Lipinski definition) is 4. The number of aryl methyl sites for hydroxylation is 1. The molecule has 1 aliphatic rings. The molecule has 0 spiro atoms. The zero-order valence-electron chi connectivity index (χ0n) is 18.5. The predicted molar refractivity (Wildman–Crippen MR) is 111 cm³/mol. The van der Waals surface area contributed by atoms with E-state index in [2.05, 4.69) is 5.10 Å². The van der Waals surface area contributed by atoms with Crippen molar-refractivity contribution < 1.29 is 44.7 Å². The summed E-state index contributed by atoms with van der Waals surface area (Å²) in [6, 6.07) is 8.65. The lowest BCUT2D eigenvalue weighted by atomic mass is 9.93. The monoisotopic (exact) mass is 507 g/mol. The van der Waals surface area contributed by atoms with Gasteiger partial charge in [-0.3, -0.25) is 9.59 Å². The summed E-state index contributed by atoms with van der Waals surface area (Å²) in [7, 11) is 0. The number of anilines is 1. The molecule has 0 aliphatic heterocycles. The average Bonchev–Trinajstić information content (AvgIpc) is 3.14. The summed E-state index contributed by atoms with van der Waals surface area (Å²) in [5.74, 6) is -16.0. The van der Waals surface area contributed by atoms with Gasteiger partial charge in [0.05, 0.1) is 5.71 Å². The first-order valence-electron chi connectivity index (χ1n) is 10.4. The number of fused-ring (bicyclic) bond motifs is 1. The predicted octanol–water partition coefficient (Wildman–Crippen LogP) is 5.24. The molecule has 0 saturated heterocycles. The van der Waals surface area contributed by atoms with Gasteiger partial charge in [-0.15, -0.1) is 0 Å². The number of halogens is 7. The second kappa shape index (κ2) is 9.34. The number of hydrogen-bond donors (Lipinski definition) is 1. The number of amides is 2. The Balaban J connectivity index is 1.91. The van der Waals surface area contributed by atoms with Crippen LogP contribution in [0.4, 0.5) is 36.4 Å². The summed E-state index contributed by atoms with van der Waals surface area (Å²) in [6.07, 6.45) is -5.91. The number of benzene rings is 1. The minimum atomic E-state index is -6.65. The summed E-state index contributed by atoms with van der Waals surface area (Å²) < 4.78 is 96.2. The van der Waals surface area contributed by atoms with Crippen molar-refractivity contribution >= 4 is 23.2 Å². The lowest BCUT2D eigenvalue weighted by molar-refractivity contribution is -0.344. The minimum absolute atomic E-state index is 0.0682. The molecule has 1 N–H and O–H groups in total. The molecule has 3 rings (SSSR count). The molecule has 13 heteroatoms. The molecule has 1 aromatic heterocycles. The summed E-state index contributed by atoms with van der Waals surface area (Å²) in [6.45, 7) is 3.51. The number of hydrazone groups is 1. The van der Waals surface area contributed by atoms with Crippen LogP contribution in [-0.2, 0) is 11.2 Å². The van der Waals surface area contributed by atoms with Crippen molar-refractivity contribution in [1.29, 1.82) is 0 Å². The van der Waals surface area contributed by atoms with Crippen LogP contribution < -0.4 is 10.3 Å². The van der Waals surface area contributed by atoms with Crippen molar-refractivity contribution in [3.63, 3.8) is 0 Å². The number of para-hydroxylation sites is 1. The Morgan fingerprint density at radius 2 is 1.69 bits per heavy atom. The third-order valence-corrected chi connectivity index (χ3v) is 5.48. The summed E-state index contributed by atoms with van der Waals surface area (Å²) in [4.78, 5) is 26.1. The second-order valence-electron chi connectivity index (χ2n) is 7.74. The number of nitrogens with one attached hydrogen (secondary N) is 1. The Morgan fingerprint density at radius 3 is 2.26 bits per heavy atom. The Kier molecular flexibility index (Phi) is 7.00. The van der Waals surface area contributed by atoms with Crippen LogP contribution in [0.2, 0.25) is 0 Å². The maximum Gasteiger partial charge on any atom is 0.460 e. The molecule has 0 bridgehead atoms. The first-order valence-corrected chi connectivity index (χ1v) is 10.4. The third kappa shape index (κ3) is 4.63. The van der Waals surface area contributed by atoms with E-state index in [1.54, 1.807) is 37.3 Å². The van der Waals surface area contributed by atoms with Gasteiger partial charge in [0.25, 0.3) is 5.91 Å². The van der Waals surface area contributed by atoms with Crippen LogP contribution in [0.15, 0.2) is 39.9 Å². The molecule has 1 aromatic carbocycles. The summed E-state index contributed by atoms with van der Waals surface area (Å²) >= 11 is 0. The highest BCUT2D eigenvalue weighted by Crippen LogP contribution is 2.46. The van der Waals surface area contributed by atoms with Crippen LogP contribution in [0.5, 0.6) is 0 Å². The van der Waals surface area contributed by atoms with Gasteiger partial charge >= 0.3 is 23.9 Å². The van der Waals surface area contributed by atoms with Gasteiger partial charge in [0.15, 0.2) is 5.76 Å². The molecular weight excluding hydrogens is 487 g/mol. The van der Waals surface area contributed by atoms with Crippen LogP contribution in [0.25, 0.3) is 0 Å². The standard InChI is InChI=1S/C22H20F7N3O3/c1-3-32(13-8-5-4-6-9-13)18(33)17-12(2)16-14(10-7-11-15(16)35-17)30-31-19(34)20(23,24)21(25,26)22(27,28)29/h4-6,8-9H,3,7,10-11H2,1-2H3,(H,31,34)/b30-14+. The van der Waals surface area contributed by atoms with E-state index in [9.17, 15) is 40.3 Å². The van der Waals surface area contributed by atoms with E-state index in [0.29, 0.717) is 18.5 Å². The number of carbonyl (C=O) groups excluding carboxylic acids is 2. The molecule has 35 heavy (non-hydrogen) atoms. The summed E-state index contributed by atoms with van der Waals surface area (Å²) in [5.41, 5.74) is 2.08. The van der Waals surface area contributed by atoms with Crippen molar-refractivity contribution in [3.05, 3.63) is 53.0 Å². The fourth-order valence-electron chi connectivity index (χ4n) is 3.67. The zero-order chi connectivity index (χ0) is 26.2. The van der Waals surface area contributed by atoms with Crippen LogP contribution in [0.3, 0.4) is 0 Å². The van der Waals surface area contributed by atoms with Crippen molar-refractivity contribution in [2.24, 2.45) is 5.10 Å². The third-order valence-electron chi connectivity index (χ3n) is 5.48. The van der Waals surface area contributed by atoms with Crippen molar-refractivity contribution in [3.8, 4) is 0 Å². The number of carbonyl (C=O) groups is 2. The van der Waals surface area contributed by atoms with E-state index in [1.165, 1.54) is 11.8 Å². The van der Waals surface area contributed by atoms with Gasteiger partial charge in [0, 0.05) is 29.8 Å². The van der Waals surface area contributed by atoms with Crippen LogP contribution in [0, 0.1) is 6.92 Å². The summed E-state index contributed by atoms with van der Waals surface area (Å²) in [5, 5.41) is 3.39. The van der Waals surface area contributed by atoms with Crippen molar-refractivity contribution in [2.45, 2.75) is 51.1 Å². The molecule has 6 nitrogen and oxygen atoms in total. The first kappa shape index (κ1) is 26.2. The topological polar surface area (TPSA) is 74.9 Å². The van der Waals surface area contributed by atoms with E-state index in [-0.39, 0.29) is 41.3 Å². The van der Waals surface area contributed by atoms with Crippen LogP contribution >= 0.6 is 0 Å². The molecule has 1 aliphatic carbocycles. The van der Waals surface area contributed by atoms with Gasteiger partial charge in [-0.1, -0.05) is 18.2 Å². The van der Waals surface area contributed by atoms with Gasteiger partial charge in [-0.25, -0.2) is 5.43 Å². The number of furan rings is 1. The lowest BCUT2D eigenvalue weighted by Crippen LogP contribution is -2.58. The first-order chi connectivity index (χ1) is 16.2. The maximum atomic E-state index is 13.6. The van der Waals surface area contributed by atoms with Crippen LogP contribution in [0.1, 0.15) is 47.2 Å². The molecule has 0 unspecified atom stereocenters. The van der Waals surface area contributed by atoms with E-state index >= 15 is 0 Å². The van der Waals surface area contributed by atoms with Crippen LogP contribution in [-0.4, -0.2) is 42.1 Å². The Morgan fingerprint density at radius 1 is 1.06 bits per heavy atom. The number of alkyl halides is 7. The Hall–Kier alpha value is -3.38. The molecule has 0 radical (unpaired) electrons. The van der Waals surface area contributed by atoms with Crippen molar-refractivity contribution in [1.82, 2.24) is 5.43 Å². The highest BCUT2D eigenvalue weighted by molar-refractivity contribution is 6.10. The molecule has 2 amide bonds. The van der Waals surface area contributed by atoms with Gasteiger partial charge in [0.1, 0.15) is 5.76 Å². The highest BCUT2D eigenvalue weighted by atomic mass is 19.4. The molecule has 0 saturated carbocycles. The normalized spacial score (nSPS) is 15.6. The average molecular weight is 507 g/mol. The molecule has 1 heterocycles. The molecular formula is C22H20F7N3O3. The van der Waals surface area contributed by atoms with Gasteiger partial charge < -0.3 is 9.32 Å². The fourth-order valence-corrected chi connectivity index (χ4v) is 3.67. The van der Waals surface area contributed by atoms with Gasteiger partial charge in [-0.05, 0) is 38.8 Å². The maximum absolute atomic E-state index is 13.6. The Labute approximate surface area is 194 Å². The Bertz CT molecular complexity index is 1140. The van der Waals surface area contributed by atoms with Gasteiger partial charge in [0.2, 0.25) is 0 Å². The second-order valence-corrected chi connectivity index (χ2v) is 7.74. The fraction of sp³-hybridized carbons (Fsp3) is 0.409. The van der Waals surface area contributed by atoms with E-state index in [4.69, 9.17) is 4.42 Å². The molecule has 0 fully saturated rings. The van der Waals surface area contributed by atoms with E-state index in [1.807, 2.05) is 0 Å². The number of rotatable bonds is 6. The van der Waals surface area contributed by atoms with Crippen molar-refractivity contribution in [2.75, 3.05) is 11.4 Å². The highest BCUT2D eigenvalue weighted by Gasteiger charge is 2.76. The smallest absolute Gasteiger partial charge is 0.455 e. The van der Waals surface area contributed by atoms with E-state index in [0.717, 1.165) is 5.43 Å². The quantitative estimate of drug-likeness (QED) is 0.429. The molecule has 0 atom stereocenters. The van der Waals surface area contributed by atoms with E-state index < -0.39 is 29.8 Å². The molecule has 190 valence electrons. The lowest BCUT2D eigenvalue weighted by Gasteiger charge is -2.26. The zero-order valence-corrected chi connectivity index (χ0v) is 18.5.